The second-order valence-electron chi connectivity index (χ2n) is 9.11. The summed E-state index contributed by atoms with van der Waals surface area (Å²) >= 11 is 0. The van der Waals surface area contributed by atoms with Crippen molar-refractivity contribution in [3.63, 3.8) is 0 Å². The number of rotatable bonds is 8. The minimum atomic E-state index is -0.527. The first-order valence-corrected chi connectivity index (χ1v) is 10.2. The van der Waals surface area contributed by atoms with Crippen molar-refractivity contribution < 1.29 is 23.7 Å². The van der Waals surface area contributed by atoms with E-state index >= 15 is 0 Å². The summed E-state index contributed by atoms with van der Waals surface area (Å²) in [5.74, 6) is 6.59. The van der Waals surface area contributed by atoms with Crippen LogP contribution in [0.4, 0.5) is 5.69 Å². The van der Waals surface area contributed by atoms with E-state index in [1.165, 1.54) is 0 Å². The van der Waals surface area contributed by atoms with Crippen molar-refractivity contribution in [2.45, 2.75) is 52.6 Å². The standard InChI is InChI=1S/C22H31N3O4/c1-15-6-5-7-17(12-15)24-21(27)20(28-14-16-8-9-16)18-13-25(18,23)11-10-19(26)29-22(2,3)4/h5-7,12,16H,8-11,13-14,23H2,1-4H3/p+1/b20-18-. The highest BCUT2D eigenvalue weighted by molar-refractivity contribution is 6.02. The number of amides is 1. The number of carbonyl (C=O) groups excluding carboxylic acids is 2. The topological polar surface area (TPSA) is 90.6 Å². The molecule has 0 spiro atoms. The predicted molar refractivity (Wildman–Crippen MR) is 110 cm³/mol. The zero-order valence-corrected chi connectivity index (χ0v) is 17.8. The highest BCUT2D eigenvalue weighted by Crippen LogP contribution is 2.36. The summed E-state index contributed by atoms with van der Waals surface area (Å²) in [5.41, 5.74) is 1.97. The third-order valence-corrected chi connectivity index (χ3v) is 4.91. The van der Waals surface area contributed by atoms with Crippen LogP contribution in [0.1, 0.15) is 45.6 Å². The molecule has 7 nitrogen and oxygen atoms in total. The fourth-order valence-corrected chi connectivity index (χ4v) is 3.08. The molecule has 2 fully saturated rings. The smallest absolute Gasteiger partial charge is 0.312 e. The van der Waals surface area contributed by atoms with Gasteiger partial charge in [0.15, 0.2) is 6.54 Å². The summed E-state index contributed by atoms with van der Waals surface area (Å²) in [6, 6.07) is 7.61. The number of benzene rings is 1. The monoisotopic (exact) mass is 402 g/mol. The van der Waals surface area contributed by atoms with Crippen LogP contribution >= 0.6 is 0 Å². The summed E-state index contributed by atoms with van der Waals surface area (Å²) in [7, 11) is 0. The maximum absolute atomic E-state index is 12.9. The number of nitrogens with one attached hydrogen (secondary N) is 1. The summed E-state index contributed by atoms with van der Waals surface area (Å²) in [6.45, 7) is 8.85. The van der Waals surface area contributed by atoms with E-state index in [1.54, 1.807) is 0 Å². The average molecular weight is 403 g/mol. The van der Waals surface area contributed by atoms with Gasteiger partial charge >= 0.3 is 5.97 Å². The van der Waals surface area contributed by atoms with Crippen LogP contribution < -0.4 is 11.2 Å². The second kappa shape index (κ2) is 8.16. The van der Waals surface area contributed by atoms with E-state index in [0.29, 0.717) is 31.3 Å². The van der Waals surface area contributed by atoms with Gasteiger partial charge in [-0.05, 0) is 64.2 Å². The van der Waals surface area contributed by atoms with Crippen LogP contribution in [-0.2, 0) is 19.1 Å². The predicted octanol–water partition coefficient (Wildman–Crippen LogP) is 3.01. The number of carbonyl (C=O) groups is 2. The molecule has 3 rings (SSSR count). The van der Waals surface area contributed by atoms with Crippen molar-refractivity contribution in [1.29, 1.82) is 0 Å². The molecule has 1 saturated carbocycles. The van der Waals surface area contributed by atoms with Gasteiger partial charge < -0.3 is 14.8 Å². The molecule has 7 heteroatoms. The van der Waals surface area contributed by atoms with E-state index in [1.807, 2.05) is 52.0 Å². The van der Waals surface area contributed by atoms with Crippen molar-refractivity contribution in [3.8, 4) is 0 Å². The van der Waals surface area contributed by atoms with Crippen molar-refractivity contribution in [3.05, 3.63) is 41.3 Å². The van der Waals surface area contributed by atoms with Gasteiger partial charge in [-0.15, -0.1) is 0 Å². The number of esters is 1. The van der Waals surface area contributed by atoms with Crippen molar-refractivity contribution in [1.82, 2.24) is 0 Å². The fourth-order valence-electron chi connectivity index (χ4n) is 3.08. The van der Waals surface area contributed by atoms with Crippen LogP contribution in [0.25, 0.3) is 0 Å². The Morgan fingerprint density at radius 2 is 2.00 bits per heavy atom. The van der Waals surface area contributed by atoms with Crippen LogP contribution in [-0.4, -0.2) is 41.8 Å². The van der Waals surface area contributed by atoms with Crippen LogP contribution in [0, 0.1) is 12.8 Å². The minimum absolute atomic E-state index is 0.0421. The number of aryl methyl sites for hydroxylation is 1. The Labute approximate surface area is 172 Å². The maximum Gasteiger partial charge on any atom is 0.312 e. The fraction of sp³-hybridized carbons (Fsp3) is 0.545. The third-order valence-electron chi connectivity index (χ3n) is 4.91. The quantitative estimate of drug-likeness (QED) is 0.174. The lowest BCUT2D eigenvalue weighted by atomic mass is 10.2. The van der Waals surface area contributed by atoms with Gasteiger partial charge in [0.2, 0.25) is 11.5 Å². The number of quaternary nitrogens is 1. The van der Waals surface area contributed by atoms with Gasteiger partial charge in [-0.3, -0.25) is 9.59 Å². The van der Waals surface area contributed by atoms with Gasteiger partial charge in [-0.25, -0.2) is 4.59 Å². The number of hydrogen-bond donors (Lipinski definition) is 2. The largest absolute Gasteiger partial charge is 0.483 e. The maximum atomic E-state index is 12.9. The Morgan fingerprint density at radius 3 is 2.62 bits per heavy atom. The van der Waals surface area contributed by atoms with Crippen LogP contribution in [0.2, 0.25) is 0 Å². The van der Waals surface area contributed by atoms with E-state index in [2.05, 4.69) is 5.32 Å². The lowest BCUT2D eigenvalue weighted by molar-refractivity contribution is -0.792. The van der Waals surface area contributed by atoms with E-state index in [9.17, 15) is 9.59 Å². The molecular weight excluding hydrogens is 370 g/mol. The molecule has 2 aliphatic rings. The molecule has 1 aromatic rings. The van der Waals surface area contributed by atoms with Gasteiger partial charge in [-0.1, -0.05) is 12.1 Å². The van der Waals surface area contributed by atoms with Crippen molar-refractivity contribution in [2.75, 3.05) is 25.0 Å². The van der Waals surface area contributed by atoms with Gasteiger partial charge in [0.05, 0.1) is 13.0 Å². The molecule has 1 unspecified atom stereocenters. The zero-order valence-electron chi connectivity index (χ0n) is 17.8. The van der Waals surface area contributed by atoms with Crippen molar-refractivity contribution >= 4 is 17.6 Å². The normalized spacial score (nSPS) is 22.7. The number of hydrogen-bond acceptors (Lipinski definition) is 5. The number of nitrogens with zero attached hydrogens (tertiary/aromatic N) is 1. The van der Waals surface area contributed by atoms with Gasteiger partial charge in [0.1, 0.15) is 12.1 Å². The number of ether oxygens (including phenoxy) is 2. The highest BCUT2D eigenvalue weighted by Gasteiger charge is 2.53. The molecule has 1 heterocycles. The molecule has 3 N–H and O–H groups in total. The first-order valence-electron chi connectivity index (χ1n) is 10.2. The molecule has 1 atom stereocenters. The Bertz CT molecular complexity index is 824. The van der Waals surface area contributed by atoms with Gasteiger partial charge in [-0.2, -0.15) is 5.84 Å². The molecule has 0 aromatic heterocycles. The molecule has 1 aromatic carbocycles. The molecule has 1 aliphatic carbocycles. The summed E-state index contributed by atoms with van der Waals surface area (Å²) in [5, 5.41) is 2.90. The molecule has 1 aliphatic heterocycles. The highest BCUT2D eigenvalue weighted by atomic mass is 16.6. The van der Waals surface area contributed by atoms with E-state index in [4.69, 9.17) is 15.3 Å². The van der Waals surface area contributed by atoms with Crippen molar-refractivity contribution in [2.24, 2.45) is 11.8 Å². The Hall–Kier alpha value is -2.38. The molecule has 1 saturated heterocycles. The average Bonchev–Trinajstić information content (AvgIpc) is 3.51. The van der Waals surface area contributed by atoms with Gasteiger partial charge in [0, 0.05) is 5.69 Å². The summed E-state index contributed by atoms with van der Waals surface area (Å²) in [4.78, 5) is 24.9. The molecule has 1 amide bonds. The first kappa shape index (κ1) is 21.3. The number of anilines is 1. The lowest BCUT2D eigenvalue weighted by Gasteiger charge is -2.20. The second-order valence-corrected chi connectivity index (χ2v) is 9.11. The third kappa shape index (κ3) is 6.30. The number of nitrogens with two attached hydrogens (primary N) is 1. The molecule has 0 radical (unpaired) electrons. The Balaban J connectivity index is 1.67. The van der Waals surface area contributed by atoms with Crippen LogP contribution in [0.3, 0.4) is 0 Å². The molecule has 29 heavy (non-hydrogen) atoms. The van der Waals surface area contributed by atoms with Crippen LogP contribution in [0.15, 0.2) is 35.7 Å². The van der Waals surface area contributed by atoms with E-state index in [0.717, 1.165) is 24.1 Å². The SMILES string of the molecule is Cc1cccc(NC(=O)/C(OCC2CC2)=C2\C[N+]2(N)CCC(=O)OC(C)(C)C)c1. The lowest BCUT2D eigenvalue weighted by Crippen LogP contribution is -2.37. The van der Waals surface area contributed by atoms with Gasteiger partial charge in [0.25, 0.3) is 5.91 Å². The minimum Gasteiger partial charge on any atom is -0.483 e. The molecule has 158 valence electrons. The first-order chi connectivity index (χ1) is 13.6. The summed E-state index contributed by atoms with van der Waals surface area (Å²) in [6.07, 6.45) is 2.44. The summed E-state index contributed by atoms with van der Waals surface area (Å²) < 4.78 is 11.3. The Morgan fingerprint density at radius 1 is 1.28 bits per heavy atom. The van der Waals surface area contributed by atoms with E-state index < -0.39 is 5.60 Å². The molecular formula is C22H32N3O4+. The van der Waals surface area contributed by atoms with Crippen LogP contribution in [0.5, 0.6) is 0 Å². The Kier molecular flexibility index (Phi) is 6.00. The molecule has 0 bridgehead atoms. The zero-order chi connectivity index (χ0) is 21.2. The van der Waals surface area contributed by atoms with E-state index in [-0.39, 0.29) is 28.6 Å².